The van der Waals surface area contributed by atoms with Crippen molar-refractivity contribution in [2.24, 2.45) is 80.8 Å². The third kappa shape index (κ3) is 14.5. The Bertz CT molecular complexity index is 1110. The van der Waals surface area contributed by atoms with E-state index in [1.165, 1.54) is 103 Å². The third-order valence-electron chi connectivity index (χ3n) is 17.0. The number of hydrogen-bond acceptors (Lipinski definition) is 1. The molecule has 0 aliphatic heterocycles. The Labute approximate surface area is 368 Å². The van der Waals surface area contributed by atoms with E-state index in [1.807, 2.05) is 47.1 Å². The quantitative estimate of drug-likeness (QED) is 0.154. The minimum absolute atomic E-state index is 0. The van der Waals surface area contributed by atoms with Crippen LogP contribution in [0.2, 0.25) is 0 Å². The molecule has 11 atom stereocenters. The monoisotopic (exact) mass is 809 g/mol. The lowest BCUT2D eigenvalue weighted by molar-refractivity contribution is -0.0852. The van der Waals surface area contributed by atoms with Gasteiger partial charge in [-0.3, -0.25) is 0 Å². The highest BCUT2D eigenvalue weighted by molar-refractivity contribution is 5.28. The molecule has 0 aromatic rings. The molecule has 4 fully saturated rings. The Hall–Kier alpha value is -1.18. The molecule has 0 amide bonds. The minimum Gasteiger partial charge on any atom is -0.393 e. The maximum absolute atomic E-state index is 11.1. The Morgan fingerprint density at radius 2 is 1.24 bits per heavy atom. The Balaban J connectivity index is 0. The first-order valence-corrected chi connectivity index (χ1v) is 25.1. The zero-order chi connectivity index (χ0) is 44.4. The van der Waals surface area contributed by atoms with E-state index in [0.717, 1.165) is 60.2 Å². The molecule has 0 radical (unpaired) electrons. The second-order valence-corrected chi connectivity index (χ2v) is 21.3. The first kappa shape index (κ1) is 58.9. The highest BCUT2D eigenvalue weighted by Crippen LogP contribution is 2.70. The summed E-state index contributed by atoms with van der Waals surface area (Å²) in [5.41, 5.74) is 3.62. The van der Waals surface area contributed by atoms with Crippen molar-refractivity contribution in [2.75, 3.05) is 0 Å². The highest BCUT2D eigenvalue weighted by Gasteiger charge is 2.61. The van der Waals surface area contributed by atoms with Gasteiger partial charge in [-0.2, -0.15) is 0 Å². The van der Waals surface area contributed by atoms with Crippen molar-refractivity contribution in [3.63, 3.8) is 0 Å². The van der Waals surface area contributed by atoms with Gasteiger partial charge in [0, 0.05) is 0 Å². The maximum atomic E-state index is 11.1. The van der Waals surface area contributed by atoms with Gasteiger partial charge in [-0.25, -0.2) is 0 Å². The van der Waals surface area contributed by atoms with Crippen molar-refractivity contribution in [3.05, 3.63) is 11.6 Å². The van der Waals surface area contributed by atoms with Crippen molar-refractivity contribution in [2.45, 2.75) is 247 Å². The van der Waals surface area contributed by atoms with Crippen molar-refractivity contribution >= 4 is 0 Å². The van der Waals surface area contributed by atoms with E-state index in [0.29, 0.717) is 28.1 Å². The zero-order valence-corrected chi connectivity index (χ0v) is 41.9. The molecule has 0 aromatic carbocycles. The molecule has 342 valence electrons. The second-order valence-electron chi connectivity index (χ2n) is 21.3. The molecule has 4 saturated carbocycles. The van der Waals surface area contributed by atoms with Crippen molar-refractivity contribution in [1.29, 1.82) is 0 Å². The van der Waals surface area contributed by atoms with Gasteiger partial charge in [0.2, 0.25) is 0 Å². The van der Waals surface area contributed by atoms with Gasteiger partial charge in [-0.15, -0.1) is 25.7 Å². The van der Waals surface area contributed by atoms with Crippen molar-refractivity contribution in [3.8, 4) is 25.7 Å². The Morgan fingerprint density at radius 1 is 0.724 bits per heavy atom. The Kier molecular flexibility index (Phi) is 28.1. The molecule has 1 heteroatoms. The van der Waals surface area contributed by atoms with Crippen LogP contribution in [0.1, 0.15) is 241 Å². The lowest BCUT2D eigenvalue weighted by atomic mass is 9.42. The van der Waals surface area contributed by atoms with E-state index in [2.05, 4.69) is 108 Å². The van der Waals surface area contributed by atoms with Crippen LogP contribution in [0.25, 0.3) is 0 Å². The summed E-state index contributed by atoms with van der Waals surface area (Å²) in [5, 5.41) is 11.1. The molecule has 0 heterocycles. The molecule has 0 saturated heterocycles. The fourth-order valence-corrected chi connectivity index (χ4v) is 13.9. The van der Waals surface area contributed by atoms with Crippen LogP contribution in [0.15, 0.2) is 11.6 Å². The summed E-state index contributed by atoms with van der Waals surface area (Å²) in [6, 6.07) is 0. The molecule has 5 aliphatic carbocycles. The molecule has 5 rings (SSSR count). The van der Waals surface area contributed by atoms with Crippen molar-refractivity contribution in [1.82, 2.24) is 0 Å². The van der Waals surface area contributed by atoms with E-state index < -0.39 is 0 Å². The van der Waals surface area contributed by atoms with Gasteiger partial charge < -0.3 is 5.11 Å². The van der Waals surface area contributed by atoms with Crippen LogP contribution in [0, 0.1) is 107 Å². The average Bonchev–Trinajstić information content (AvgIpc) is 3.53. The van der Waals surface area contributed by atoms with Crippen LogP contribution in [0.3, 0.4) is 0 Å². The normalized spacial score (nSPS) is 34.0. The smallest absolute Gasteiger partial charge is 0.0545 e. The van der Waals surface area contributed by atoms with Crippen LogP contribution in [-0.4, -0.2) is 11.2 Å². The van der Waals surface area contributed by atoms with Crippen LogP contribution in [0.4, 0.5) is 0 Å². The van der Waals surface area contributed by atoms with Crippen LogP contribution >= 0.6 is 0 Å². The maximum Gasteiger partial charge on any atom is 0.0545 e. The number of aliphatic hydroxyl groups excluding tert-OH is 1. The summed E-state index contributed by atoms with van der Waals surface area (Å²) >= 11 is 0. The zero-order valence-electron chi connectivity index (χ0n) is 41.9. The fraction of sp³-hybridized carbons (Fsp3) is 0.895. The standard InChI is InChI=1S/C46H82O.3C2H6.2C2H2.CH4/c1-12-33(13-2)29-38(47)30-36(43(5,6)7)16-14-15-35-17-19-41-42-22-21-39-40(46(42,11)24-23-45(35,41)10)20-18-37(44(39,8)9)28-34-26-31(3)25-32(4)27-34;5*1-2;/h21,31-38,40-42,47H,12-20,22-30H2,1-11H3;3*1-2H3;2*1-2H;1H4. The van der Waals surface area contributed by atoms with E-state index >= 15 is 0 Å². The molecule has 1 nitrogen and oxygen atoms in total. The molecule has 5 aliphatic rings. The summed E-state index contributed by atoms with van der Waals surface area (Å²) in [4.78, 5) is 0. The molecule has 0 bridgehead atoms. The summed E-state index contributed by atoms with van der Waals surface area (Å²) in [6.45, 7) is 39.8. The highest BCUT2D eigenvalue weighted by atomic mass is 16.3. The van der Waals surface area contributed by atoms with Gasteiger partial charge in [0.25, 0.3) is 0 Å². The number of rotatable bonds is 12. The van der Waals surface area contributed by atoms with Gasteiger partial charge in [0.15, 0.2) is 0 Å². The summed E-state index contributed by atoms with van der Waals surface area (Å²) in [5.74, 6) is 8.58. The van der Waals surface area contributed by atoms with Gasteiger partial charge in [-0.05, 0) is 177 Å². The Morgan fingerprint density at radius 3 is 1.76 bits per heavy atom. The van der Waals surface area contributed by atoms with Crippen LogP contribution in [-0.2, 0) is 0 Å². The van der Waals surface area contributed by atoms with E-state index in [1.54, 1.807) is 0 Å². The topological polar surface area (TPSA) is 20.2 Å². The van der Waals surface area contributed by atoms with E-state index in [-0.39, 0.29) is 18.9 Å². The van der Waals surface area contributed by atoms with Gasteiger partial charge in [0.1, 0.15) is 0 Å². The first-order valence-electron chi connectivity index (χ1n) is 25.1. The third-order valence-corrected chi connectivity index (χ3v) is 17.0. The molecular weight excluding hydrogens is 701 g/mol. The molecular formula is C57H108O. The molecule has 58 heavy (non-hydrogen) atoms. The van der Waals surface area contributed by atoms with Crippen LogP contribution < -0.4 is 0 Å². The van der Waals surface area contributed by atoms with Crippen LogP contribution in [0.5, 0.6) is 0 Å². The van der Waals surface area contributed by atoms with Crippen molar-refractivity contribution < 1.29 is 5.11 Å². The summed E-state index contributed by atoms with van der Waals surface area (Å²) in [7, 11) is 0. The molecule has 1 N–H and O–H groups in total. The van der Waals surface area contributed by atoms with Gasteiger partial charge in [0.05, 0.1) is 6.10 Å². The van der Waals surface area contributed by atoms with Gasteiger partial charge >= 0.3 is 0 Å². The minimum atomic E-state index is -0.127. The lowest BCUT2D eigenvalue weighted by Gasteiger charge is -2.62. The van der Waals surface area contributed by atoms with Gasteiger partial charge in [-0.1, -0.05) is 156 Å². The number of aliphatic hydroxyl groups is 1. The lowest BCUT2D eigenvalue weighted by Crippen LogP contribution is -2.54. The number of fused-ring (bicyclic) bond motifs is 5. The molecule has 0 aromatic heterocycles. The number of allylic oxidation sites excluding steroid dienone is 2. The largest absolute Gasteiger partial charge is 0.393 e. The number of hydrogen-bond donors (Lipinski definition) is 1. The second kappa shape index (κ2) is 27.7. The fourth-order valence-electron chi connectivity index (χ4n) is 13.9. The predicted octanol–water partition coefficient (Wildman–Crippen LogP) is 17.9. The predicted molar refractivity (Wildman–Crippen MR) is 265 cm³/mol. The SMILES string of the molecule is C.C#C.C#C.CC.CC.CC.CCC(CC)CC(O)CC(CCCC1CCC2C3CC=C4C(CCC(CC5CC(C)CC(C)C5)C4(C)C)C3(C)CCC12C)C(C)(C)C. The number of terminal acetylenes is 2. The molecule has 0 spiro atoms. The van der Waals surface area contributed by atoms with E-state index in [9.17, 15) is 5.11 Å². The van der Waals surface area contributed by atoms with E-state index in [4.69, 9.17) is 0 Å². The first-order chi connectivity index (χ1) is 27.0. The average molecular weight is 809 g/mol. The summed E-state index contributed by atoms with van der Waals surface area (Å²) < 4.78 is 0. The summed E-state index contributed by atoms with van der Waals surface area (Å²) in [6.07, 6.45) is 43.3. The molecule has 11 unspecified atom stereocenters.